The first-order chi connectivity index (χ1) is 18.9. The fraction of sp³-hybridized carbons (Fsp3) is 0.400. The van der Waals surface area contributed by atoms with Crippen LogP contribution in [-0.4, -0.2) is 28.8 Å². The van der Waals surface area contributed by atoms with E-state index in [4.69, 9.17) is 4.74 Å². The third kappa shape index (κ3) is 5.13. The number of amides is 1. The number of methoxy groups -OCH3 is 1. The van der Waals surface area contributed by atoms with Crippen molar-refractivity contribution in [3.63, 3.8) is 0 Å². The lowest BCUT2D eigenvalue weighted by molar-refractivity contribution is 0.102. The van der Waals surface area contributed by atoms with Gasteiger partial charge < -0.3 is 19.3 Å². The number of aromatic nitrogens is 2. The van der Waals surface area contributed by atoms with Gasteiger partial charge >= 0.3 is 0 Å². The molecule has 10 heteroatoms. The molecule has 40 heavy (non-hydrogen) atoms. The molecule has 4 N–H and O–H groups in total. The summed E-state index contributed by atoms with van der Waals surface area (Å²) in [6.07, 6.45) is 7.95. The normalized spacial score (nSPS) is 15.9. The van der Waals surface area contributed by atoms with E-state index < -0.39 is 0 Å². The van der Waals surface area contributed by atoms with E-state index >= 15 is 0 Å². The van der Waals surface area contributed by atoms with Gasteiger partial charge in [-0.3, -0.25) is 15.2 Å². The Hall–Kier alpha value is -3.63. The monoisotopic (exact) mass is 561 g/mol. The first-order valence-corrected chi connectivity index (χ1v) is 14.7. The van der Waals surface area contributed by atoms with Gasteiger partial charge in [0.05, 0.1) is 48.0 Å². The Bertz CT molecular complexity index is 1490. The van der Waals surface area contributed by atoms with Crippen molar-refractivity contribution in [3.8, 4) is 5.75 Å². The van der Waals surface area contributed by atoms with Crippen LogP contribution in [0.15, 0.2) is 42.7 Å². The van der Waals surface area contributed by atoms with Gasteiger partial charge in [-0.1, -0.05) is 38.8 Å². The molecule has 0 aliphatic carbocycles. The molecule has 0 spiro atoms. The third-order valence-corrected chi connectivity index (χ3v) is 8.02. The van der Waals surface area contributed by atoms with Crippen molar-refractivity contribution in [2.24, 2.45) is 0 Å². The molecule has 0 unspecified atom stereocenters. The molecule has 0 fully saturated rings. The number of benzene rings is 2. The van der Waals surface area contributed by atoms with Crippen LogP contribution in [0, 0.1) is 6.92 Å². The summed E-state index contributed by atoms with van der Waals surface area (Å²) in [5.74, 6) is 1.49. The van der Waals surface area contributed by atoms with E-state index in [0.29, 0.717) is 17.0 Å². The average molecular weight is 562 g/mol. The molecule has 2 aliphatic rings. The van der Waals surface area contributed by atoms with Crippen molar-refractivity contribution in [2.45, 2.75) is 65.3 Å². The smallest absolute Gasteiger partial charge is 0.255 e. The van der Waals surface area contributed by atoms with Crippen LogP contribution in [0.25, 0.3) is 5.70 Å². The van der Waals surface area contributed by atoms with Crippen molar-refractivity contribution in [3.05, 3.63) is 70.9 Å². The van der Waals surface area contributed by atoms with Crippen LogP contribution in [0.4, 0.5) is 17.1 Å². The number of hydrazine groups is 2. The van der Waals surface area contributed by atoms with Crippen molar-refractivity contribution in [1.82, 2.24) is 20.5 Å². The fourth-order valence-electron chi connectivity index (χ4n) is 5.30. The Morgan fingerprint density at radius 2 is 1.93 bits per heavy atom. The van der Waals surface area contributed by atoms with Crippen molar-refractivity contribution in [2.75, 3.05) is 28.4 Å². The molecule has 2 aromatic carbocycles. The highest BCUT2D eigenvalue weighted by Crippen LogP contribution is 2.40. The lowest BCUT2D eigenvalue weighted by Crippen LogP contribution is -2.37. The largest absolute Gasteiger partial charge is 0.492 e. The van der Waals surface area contributed by atoms with Gasteiger partial charge in [-0.05, 0) is 68.0 Å². The Morgan fingerprint density at radius 1 is 1.18 bits per heavy atom. The zero-order chi connectivity index (χ0) is 28.8. The minimum atomic E-state index is -0.215. The van der Waals surface area contributed by atoms with Gasteiger partial charge in [0, 0.05) is 23.8 Å². The van der Waals surface area contributed by atoms with Crippen molar-refractivity contribution in [1.29, 1.82) is 0 Å². The number of rotatable bonds is 7. The van der Waals surface area contributed by atoms with E-state index in [9.17, 15) is 4.79 Å². The zero-order valence-electron chi connectivity index (χ0n) is 24.5. The zero-order valence-corrected chi connectivity index (χ0v) is 25.3. The first-order valence-electron chi connectivity index (χ1n) is 13.5. The second-order valence-electron chi connectivity index (χ2n) is 12.0. The molecule has 0 atom stereocenters. The highest BCUT2D eigenvalue weighted by molar-refractivity contribution is 7.99. The summed E-state index contributed by atoms with van der Waals surface area (Å²) in [6.45, 7) is 13.0. The standard InChI is InChI=1S/C30H39N7O2S/c1-18-9-10-19(28(38)32-21-14-20(29(2,3)4)15-22(34-40-8)27(21)39-7)13-24(18)36-17-23(33-35-36)25-16-31-26-11-12-30(5,6)37(25)26/h9-10,13-17,33-35H,11-12H2,1-8H3,(H,32,38). The number of fused-ring (bicyclic) bond motifs is 1. The van der Waals surface area contributed by atoms with Gasteiger partial charge in [-0.15, -0.1) is 5.53 Å². The molecule has 0 radical (unpaired) electrons. The minimum absolute atomic E-state index is 0.0155. The van der Waals surface area contributed by atoms with E-state index in [2.05, 4.69) is 71.2 Å². The molecule has 5 rings (SSSR count). The number of hydrogen-bond acceptors (Lipinski definition) is 8. The van der Waals surface area contributed by atoms with Crippen molar-refractivity contribution >= 4 is 40.6 Å². The number of aryl methyl sites for hydroxylation is 2. The molecule has 3 heterocycles. The van der Waals surface area contributed by atoms with Crippen LogP contribution < -0.4 is 30.7 Å². The highest BCUT2D eigenvalue weighted by Gasteiger charge is 2.34. The van der Waals surface area contributed by atoms with Crippen molar-refractivity contribution < 1.29 is 9.53 Å². The summed E-state index contributed by atoms with van der Waals surface area (Å²) in [6, 6.07) is 9.76. The molecule has 0 bridgehead atoms. The average Bonchev–Trinajstić information content (AvgIpc) is 3.61. The number of carbonyl (C=O) groups is 1. The highest BCUT2D eigenvalue weighted by atomic mass is 32.2. The Labute approximate surface area is 240 Å². The molecule has 212 valence electrons. The maximum absolute atomic E-state index is 13.6. The number of ether oxygens (including phenoxy) is 1. The summed E-state index contributed by atoms with van der Waals surface area (Å²) in [5.41, 5.74) is 13.4. The lowest BCUT2D eigenvalue weighted by atomic mass is 9.86. The van der Waals surface area contributed by atoms with Gasteiger partial charge in [0.15, 0.2) is 5.75 Å². The van der Waals surface area contributed by atoms with E-state index in [1.54, 1.807) is 7.11 Å². The van der Waals surface area contributed by atoms with Crippen LogP contribution >= 0.6 is 11.9 Å². The second kappa shape index (κ2) is 10.4. The van der Waals surface area contributed by atoms with E-state index in [1.807, 2.05) is 54.9 Å². The molecule has 0 saturated carbocycles. The fourth-order valence-corrected chi connectivity index (χ4v) is 5.67. The number of nitrogens with zero attached hydrogens (tertiary/aromatic N) is 3. The maximum Gasteiger partial charge on any atom is 0.255 e. The SMILES string of the molecule is COc1c(NSC)cc(C(C)(C)C)cc1NC(=O)c1ccc(C)c(N2C=C(c3cnc4n3C(C)(C)CC4)NN2)c1. The summed E-state index contributed by atoms with van der Waals surface area (Å²) >= 11 is 1.48. The topological polar surface area (TPSA) is 95.5 Å². The molecular formula is C30H39N7O2S. The number of anilines is 3. The number of imidazole rings is 1. The minimum Gasteiger partial charge on any atom is -0.492 e. The number of nitrogens with one attached hydrogen (secondary N) is 4. The van der Waals surface area contributed by atoms with Gasteiger partial charge in [0.25, 0.3) is 5.91 Å². The molecule has 0 saturated heterocycles. The summed E-state index contributed by atoms with van der Waals surface area (Å²) in [4.78, 5) is 18.2. The number of hydrogen-bond donors (Lipinski definition) is 4. The second-order valence-corrected chi connectivity index (χ2v) is 12.6. The first kappa shape index (κ1) is 27.9. The predicted molar refractivity (Wildman–Crippen MR) is 165 cm³/mol. The van der Waals surface area contributed by atoms with Crippen LogP contribution in [-0.2, 0) is 17.4 Å². The van der Waals surface area contributed by atoms with Crippen LogP contribution in [0.1, 0.15) is 74.0 Å². The van der Waals surface area contributed by atoms with Gasteiger partial charge in [0.1, 0.15) is 5.82 Å². The van der Waals surface area contributed by atoms with E-state index in [1.165, 1.54) is 11.9 Å². The predicted octanol–water partition coefficient (Wildman–Crippen LogP) is 5.95. The molecule has 2 aliphatic heterocycles. The summed E-state index contributed by atoms with van der Waals surface area (Å²) in [5, 5.41) is 5.01. The van der Waals surface area contributed by atoms with Crippen LogP contribution in [0.2, 0.25) is 0 Å². The van der Waals surface area contributed by atoms with Gasteiger partial charge in [-0.25, -0.2) is 4.98 Å². The van der Waals surface area contributed by atoms with Crippen LogP contribution in [0.5, 0.6) is 5.75 Å². The molecule has 1 amide bonds. The van der Waals surface area contributed by atoms with E-state index in [-0.39, 0.29) is 16.9 Å². The molecule has 1 aromatic heterocycles. The molecule has 3 aromatic rings. The summed E-state index contributed by atoms with van der Waals surface area (Å²) < 4.78 is 11.3. The quantitative estimate of drug-likeness (QED) is 0.263. The Balaban J connectivity index is 1.44. The van der Waals surface area contributed by atoms with Gasteiger partial charge in [0.2, 0.25) is 0 Å². The summed E-state index contributed by atoms with van der Waals surface area (Å²) in [7, 11) is 1.62. The third-order valence-electron chi connectivity index (χ3n) is 7.60. The number of carbonyl (C=O) groups excluding carboxylic acids is 1. The van der Waals surface area contributed by atoms with Crippen LogP contribution in [0.3, 0.4) is 0 Å². The molecular weight excluding hydrogens is 522 g/mol. The maximum atomic E-state index is 13.6. The molecule has 9 nitrogen and oxygen atoms in total. The Morgan fingerprint density at radius 3 is 2.62 bits per heavy atom. The van der Waals surface area contributed by atoms with Gasteiger partial charge in [-0.2, -0.15) is 0 Å². The van der Waals surface area contributed by atoms with E-state index in [0.717, 1.165) is 52.6 Å². The lowest BCUT2D eigenvalue weighted by Gasteiger charge is -2.24. The Kier molecular flexibility index (Phi) is 7.26.